The van der Waals surface area contributed by atoms with E-state index in [0.717, 1.165) is 30.6 Å². The van der Waals surface area contributed by atoms with Crippen molar-refractivity contribution in [3.63, 3.8) is 0 Å². The second-order valence-corrected chi connectivity index (χ2v) is 7.31. The molecular formula is C16H24O2S. The molecule has 0 amide bonds. The van der Waals surface area contributed by atoms with Crippen molar-refractivity contribution in [2.24, 2.45) is 0 Å². The van der Waals surface area contributed by atoms with Crippen molar-refractivity contribution in [2.75, 3.05) is 0 Å². The van der Waals surface area contributed by atoms with Gasteiger partial charge >= 0.3 is 0 Å². The number of hydrogen-bond acceptors (Lipinski definition) is 3. The molecule has 0 aliphatic heterocycles. The van der Waals surface area contributed by atoms with E-state index in [2.05, 4.69) is 0 Å². The Balaban J connectivity index is 2.21. The summed E-state index contributed by atoms with van der Waals surface area (Å²) in [4.78, 5) is 1.11. The lowest BCUT2D eigenvalue weighted by Crippen LogP contribution is -2.52. The summed E-state index contributed by atoms with van der Waals surface area (Å²) in [6, 6.07) is 10.0. The number of rotatable bonds is 4. The van der Waals surface area contributed by atoms with Gasteiger partial charge in [0.25, 0.3) is 0 Å². The Morgan fingerprint density at radius 1 is 1.11 bits per heavy atom. The van der Waals surface area contributed by atoms with E-state index in [1.165, 1.54) is 6.42 Å². The molecule has 0 heterocycles. The van der Waals surface area contributed by atoms with Crippen LogP contribution in [0, 0.1) is 0 Å². The molecule has 2 nitrogen and oxygen atoms in total. The minimum Gasteiger partial charge on any atom is -0.389 e. The highest BCUT2D eigenvalue weighted by molar-refractivity contribution is 8.00. The summed E-state index contributed by atoms with van der Waals surface area (Å²) in [6.07, 6.45) is 4.89. The lowest BCUT2D eigenvalue weighted by molar-refractivity contribution is -0.0581. The van der Waals surface area contributed by atoms with E-state index in [1.54, 1.807) is 25.6 Å². The zero-order valence-electron chi connectivity index (χ0n) is 11.8. The molecule has 1 aromatic carbocycles. The molecule has 0 bridgehead atoms. The molecule has 19 heavy (non-hydrogen) atoms. The number of hydrogen-bond donors (Lipinski definition) is 2. The Labute approximate surface area is 120 Å². The van der Waals surface area contributed by atoms with Crippen molar-refractivity contribution in [3.05, 3.63) is 30.3 Å². The van der Waals surface area contributed by atoms with Crippen LogP contribution in [0.4, 0.5) is 0 Å². The lowest BCUT2D eigenvalue weighted by Gasteiger charge is -2.44. The molecule has 1 fully saturated rings. The maximum Gasteiger partial charge on any atom is 0.0797 e. The summed E-state index contributed by atoms with van der Waals surface area (Å²) in [5, 5.41) is 21.2. The van der Waals surface area contributed by atoms with Gasteiger partial charge in [-0.2, -0.15) is 0 Å². The van der Waals surface area contributed by atoms with Crippen molar-refractivity contribution in [1.82, 2.24) is 0 Å². The molecule has 1 aliphatic carbocycles. The largest absolute Gasteiger partial charge is 0.389 e. The molecule has 3 heteroatoms. The highest BCUT2D eigenvalue weighted by Crippen LogP contribution is 2.44. The van der Waals surface area contributed by atoms with Gasteiger partial charge in [-0.15, -0.1) is 11.8 Å². The van der Waals surface area contributed by atoms with E-state index in [4.69, 9.17) is 0 Å². The molecule has 1 aliphatic rings. The summed E-state index contributed by atoms with van der Waals surface area (Å²) in [7, 11) is 0. The number of benzene rings is 1. The minimum atomic E-state index is -0.896. The van der Waals surface area contributed by atoms with Crippen LogP contribution in [0.1, 0.15) is 46.0 Å². The van der Waals surface area contributed by atoms with Crippen LogP contribution >= 0.6 is 11.8 Å². The first-order chi connectivity index (χ1) is 8.92. The zero-order valence-corrected chi connectivity index (χ0v) is 12.6. The van der Waals surface area contributed by atoms with Gasteiger partial charge in [0.15, 0.2) is 0 Å². The van der Waals surface area contributed by atoms with Crippen LogP contribution in [0.2, 0.25) is 0 Å². The fraction of sp³-hybridized carbons (Fsp3) is 0.625. The average Bonchev–Trinajstić information content (AvgIpc) is 2.37. The van der Waals surface area contributed by atoms with Gasteiger partial charge in [0.1, 0.15) is 0 Å². The summed E-state index contributed by atoms with van der Waals surface area (Å²) in [6.45, 7) is 3.61. The van der Waals surface area contributed by atoms with E-state index in [9.17, 15) is 10.2 Å². The first-order valence-electron chi connectivity index (χ1n) is 7.08. The Morgan fingerprint density at radius 3 is 2.21 bits per heavy atom. The van der Waals surface area contributed by atoms with Crippen LogP contribution in [-0.2, 0) is 0 Å². The van der Waals surface area contributed by atoms with Gasteiger partial charge in [0.2, 0.25) is 0 Å². The Hall–Kier alpha value is -0.510. The Morgan fingerprint density at radius 2 is 1.68 bits per heavy atom. The SMILES string of the molecule is CC(C)(O)C(Sc1ccccc1)C1(O)CCCCC1. The fourth-order valence-electron chi connectivity index (χ4n) is 2.97. The van der Waals surface area contributed by atoms with E-state index in [1.807, 2.05) is 30.3 Å². The van der Waals surface area contributed by atoms with Crippen molar-refractivity contribution < 1.29 is 10.2 Å². The van der Waals surface area contributed by atoms with Gasteiger partial charge in [-0.3, -0.25) is 0 Å². The van der Waals surface area contributed by atoms with Crippen LogP contribution in [-0.4, -0.2) is 26.7 Å². The number of aliphatic hydroxyl groups is 2. The Bertz CT molecular complexity index is 391. The van der Waals surface area contributed by atoms with Crippen molar-refractivity contribution in [1.29, 1.82) is 0 Å². The predicted molar refractivity (Wildman–Crippen MR) is 80.4 cm³/mol. The zero-order chi connectivity index (χ0) is 13.9. The van der Waals surface area contributed by atoms with Gasteiger partial charge in [0.05, 0.1) is 16.5 Å². The monoisotopic (exact) mass is 280 g/mol. The second kappa shape index (κ2) is 5.86. The van der Waals surface area contributed by atoms with E-state index in [-0.39, 0.29) is 5.25 Å². The van der Waals surface area contributed by atoms with Crippen LogP contribution in [0.3, 0.4) is 0 Å². The highest BCUT2D eigenvalue weighted by atomic mass is 32.2. The van der Waals surface area contributed by atoms with Gasteiger partial charge < -0.3 is 10.2 Å². The molecule has 0 saturated heterocycles. The molecule has 0 aromatic heterocycles. The molecule has 1 atom stereocenters. The van der Waals surface area contributed by atoms with Gasteiger partial charge in [-0.05, 0) is 38.8 Å². The van der Waals surface area contributed by atoms with Crippen molar-refractivity contribution in [2.45, 2.75) is 67.3 Å². The fourth-order valence-corrected chi connectivity index (χ4v) is 4.30. The third-order valence-electron chi connectivity index (χ3n) is 3.85. The third kappa shape index (κ3) is 3.74. The molecule has 0 radical (unpaired) electrons. The predicted octanol–water partition coefficient (Wildman–Crippen LogP) is 3.61. The van der Waals surface area contributed by atoms with E-state index >= 15 is 0 Å². The molecule has 2 N–H and O–H groups in total. The quantitative estimate of drug-likeness (QED) is 0.828. The topological polar surface area (TPSA) is 40.5 Å². The normalized spacial score (nSPS) is 21.1. The molecule has 1 aromatic rings. The molecule has 1 unspecified atom stereocenters. The van der Waals surface area contributed by atoms with Crippen LogP contribution in [0.25, 0.3) is 0 Å². The maximum absolute atomic E-state index is 10.9. The van der Waals surface area contributed by atoms with E-state index < -0.39 is 11.2 Å². The molecular weight excluding hydrogens is 256 g/mol. The Kier molecular flexibility index (Phi) is 4.59. The number of thioether (sulfide) groups is 1. The van der Waals surface area contributed by atoms with E-state index in [0.29, 0.717) is 0 Å². The standard InChI is InChI=1S/C16H24O2S/c1-15(2,17)14(16(18)11-7-4-8-12-16)19-13-9-5-3-6-10-13/h3,5-6,9-10,14,17-18H,4,7-8,11-12H2,1-2H3. The molecule has 0 spiro atoms. The van der Waals surface area contributed by atoms with Gasteiger partial charge in [0, 0.05) is 4.90 Å². The first-order valence-corrected chi connectivity index (χ1v) is 7.96. The maximum atomic E-state index is 10.9. The third-order valence-corrected chi connectivity index (χ3v) is 5.64. The van der Waals surface area contributed by atoms with Crippen LogP contribution in [0.15, 0.2) is 35.2 Å². The smallest absolute Gasteiger partial charge is 0.0797 e. The molecule has 1 saturated carbocycles. The average molecular weight is 280 g/mol. The van der Waals surface area contributed by atoms with Gasteiger partial charge in [-0.1, -0.05) is 37.5 Å². The molecule has 2 rings (SSSR count). The summed E-state index contributed by atoms with van der Waals surface area (Å²) in [5.41, 5.74) is -1.65. The summed E-state index contributed by atoms with van der Waals surface area (Å²) >= 11 is 1.60. The highest BCUT2D eigenvalue weighted by Gasteiger charge is 2.45. The second-order valence-electron chi connectivity index (χ2n) is 6.13. The minimum absolute atomic E-state index is 0.192. The lowest BCUT2D eigenvalue weighted by atomic mass is 9.77. The molecule has 106 valence electrons. The van der Waals surface area contributed by atoms with Crippen molar-refractivity contribution in [3.8, 4) is 0 Å². The van der Waals surface area contributed by atoms with Gasteiger partial charge in [-0.25, -0.2) is 0 Å². The summed E-state index contributed by atoms with van der Waals surface area (Å²) < 4.78 is 0. The summed E-state index contributed by atoms with van der Waals surface area (Å²) in [5.74, 6) is 0. The van der Waals surface area contributed by atoms with Crippen LogP contribution in [0.5, 0.6) is 0 Å². The first kappa shape index (κ1) is 14.9. The van der Waals surface area contributed by atoms with Crippen molar-refractivity contribution >= 4 is 11.8 Å². The van der Waals surface area contributed by atoms with Crippen LogP contribution < -0.4 is 0 Å².